The molecule has 1 aliphatic heterocycles. The van der Waals surface area contributed by atoms with E-state index in [-0.39, 0.29) is 11.3 Å². The standard InChI is InChI=1S/C25H22N2O4/c1-16-7-6-8-17(15-16)26-23-22(20-9-4-5-10-21(20)31-3)24(28)27(25(23)29)18-11-13-19(30-2)14-12-18/h4-15,26H,1-3H3. The quantitative estimate of drug-likeness (QED) is 0.605. The van der Waals surface area contributed by atoms with E-state index in [4.69, 9.17) is 9.47 Å². The van der Waals surface area contributed by atoms with Crippen molar-refractivity contribution < 1.29 is 19.1 Å². The van der Waals surface area contributed by atoms with Crippen LogP contribution in [0.2, 0.25) is 0 Å². The van der Waals surface area contributed by atoms with Crippen molar-refractivity contribution in [3.63, 3.8) is 0 Å². The normalized spacial score (nSPS) is 13.6. The van der Waals surface area contributed by atoms with E-state index in [2.05, 4.69) is 5.32 Å². The number of rotatable bonds is 6. The molecule has 1 aliphatic rings. The number of amides is 2. The molecule has 3 aromatic rings. The highest BCUT2D eigenvalue weighted by Crippen LogP contribution is 2.37. The summed E-state index contributed by atoms with van der Waals surface area (Å²) < 4.78 is 10.7. The average Bonchev–Trinajstić information content (AvgIpc) is 3.03. The number of imide groups is 1. The molecule has 1 N–H and O–H groups in total. The van der Waals surface area contributed by atoms with Crippen molar-refractivity contribution in [3.05, 3.63) is 89.6 Å². The molecule has 0 bridgehead atoms. The van der Waals surface area contributed by atoms with Crippen molar-refractivity contribution in [1.29, 1.82) is 0 Å². The van der Waals surface area contributed by atoms with Crippen LogP contribution in [-0.4, -0.2) is 26.0 Å². The first kappa shape index (κ1) is 20.2. The van der Waals surface area contributed by atoms with Crippen LogP contribution < -0.4 is 19.7 Å². The highest BCUT2D eigenvalue weighted by molar-refractivity contribution is 6.46. The number of ether oxygens (including phenoxy) is 2. The molecule has 0 aromatic heterocycles. The molecular weight excluding hydrogens is 392 g/mol. The Hall–Kier alpha value is -4.06. The zero-order valence-electron chi connectivity index (χ0n) is 17.5. The van der Waals surface area contributed by atoms with Gasteiger partial charge in [-0.05, 0) is 55.0 Å². The zero-order valence-corrected chi connectivity index (χ0v) is 17.5. The van der Waals surface area contributed by atoms with E-state index in [0.717, 1.165) is 11.3 Å². The predicted molar refractivity (Wildman–Crippen MR) is 120 cm³/mol. The summed E-state index contributed by atoms with van der Waals surface area (Å²) in [6, 6.07) is 21.6. The molecule has 0 saturated heterocycles. The van der Waals surface area contributed by atoms with E-state index in [9.17, 15) is 9.59 Å². The van der Waals surface area contributed by atoms with Gasteiger partial charge in [0.2, 0.25) is 0 Å². The highest BCUT2D eigenvalue weighted by atomic mass is 16.5. The fraction of sp³-hybridized carbons (Fsp3) is 0.120. The van der Waals surface area contributed by atoms with Gasteiger partial charge < -0.3 is 14.8 Å². The molecule has 0 unspecified atom stereocenters. The molecule has 4 rings (SSSR count). The number of anilines is 2. The van der Waals surface area contributed by atoms with Crippen molar-refractivity contribution >= 4 is 28.8 Å². The first-order valence-corrected chi connectivity index (χ1v) is 9.77. The van der Waals surface area contributed by atoms with Crippen molar-refractivity contribution in [2.24, 2.45) is 0 Å². The van der Waals surface area contributed by atoms with E-state index in [0.29, 0.717) is 22.7 Å². The van der Waals surface area contributed by atoms with Crippen molar-refractivity contribution in [1.82, 2.24) is 0 Å². The number of carbonyl (C=O) groups is 2. The van der Waals surface area contributed by atoms with Crippen LogP contribution in [0.1, 0.15) is 11.1 Å². The average molecular weight is 414 g/mol. The molecule has 0 radical (unpaired) electrons. The minimum atomic E-state index is -0.433. The third kappa shape index (κ3) is 3.75. The summed E-state index contributed by atoms with van der Waals surface area (Å²) in [6.07, 6.45) is 0. The van der Waals surface area contributed by atoms with Gasteiger partial charge in [0.05, 0.1) is 25.5 Å². The van der Waals surface area contributed by atoms with Gasteiger partial charge in [0.1, 0.15) is 17.2 Å². The second-order valence-electron chi connectivity index (χ2n) is 7.09. The zero-order chi connectivity index (χ0) is 22.0. The third-order valence-corrected chi connectivity index (χ3v) is 5.08. The van der Waals surface area contributed by atoms with Crippen LogP contribution in [0.15, 0.2) is 78.5 Å². The van der Waals surface area contributed by atoms with E-state index in [1.807, 2.05) is 43.3 Å². The lowest BCUT2D eigenvalue weighted by Gasteiger charge is -2.16. The van der Waals surface area contributed by atoms with Crippen LogP contribution in [0.25, 0.3) is 5.57 Å². The monoisotopic (exact) mass is 414 g/mol. The van der Waals surface area contributed by atoms with Gasteiger partial charge in [0.15, 0.2) is 0 Å². The number of carbonyl (C=O) groups excluding carboxylic acids is 2. The second kappa shape index (κ2) is 8.36. The van der Waals surface area contributed by atoms with E-state index >= 15 is 0 Å². The van der Waals surface area contributed by atoms with E-state index < -0.39 is 11.8 Å². The predicted octanol–water partition coefficient (Wildman–Crippen LogP) is 4.41. The number of nitrogens with zero attached hydrogens (tertiary/aromatic N) is 1. The number of aryl methyl sites for hydroxylation is 1. The Morgan fingerprint density at radius 2 is 1.55 bits per heavy atom. The lowest BCUT2D eigenvalue weighted by Crippen LogP contribution is -2.32. The summed E-state index contributed by atoms with van der Waals surface area (Å²) in [7, 11) is 3.10. The molecule has 0 atom stereocenters. The van der Waals surface area contributed by atoms with Gasteiger partial charge in [0.25, 0.3) is 11.8 Å². The lowest BCUT2D eigenvalue weighted by molar-refractivity contribution is -0.120. The Balaban J connectivity index is 1.84. The Bertz CT molecular complexity index is 1180. The van der Waals surface area contributed by atoms with Gasteiger partial charge in [-0.1, -0.05) is 30.3 Å². The van der Waals surface area contributed by atoms with Gasteiger partial charge in [-0.25, -0.2) is 4.90 Å². The summed E-state index contributed by atoms with van der Waals surface area (Å²) in [4.78, 5) is 28.1. The summed E-state index contributed by atoms with van der Waals surface area (Å²) >= 11 is 0. The van der Waals surface area contributed by atoms with Gasteiger partial charge >= 0.3 is 0 Å². The molecule has 31 heavy (non-hydrogen) atoms. The summed E-state index contributed by atoms with van der Waals surface area (Å²) in [6.45, 7) is 1.96. The first-order valence-electron chi connectivity index (χ1n) is 9.77. The Morgan fingerprint density at radius 1 is 0.806 bits per heavy atom. The van der Waals surface area contributed by atoms with Crippen LogP contribution in [0.5, 0.6) is 11.5 Å². The maximum atomic E-state index is 13.5. The minimum absolute atomic E-state index is 0.205. The van der Waals surface area contributed by atoms with E-state index in [1.165, 1.54) is 12.0 Å². The Morgan fingerprint density at radius 3 is 2.23 bits per heavy atom. The summed E-state index contributed by atoms with van der Waals surface area (Å²) in [5, 5.41) is 3.17. The van der Waals surface area contributed by atoms with Crippen LogP contribution >= 0.6 is 0 Å². The molecule has 3 aromatic carbocycles. The number of hydrogen-bond donors (Lipinski definition) is 1. The fourth-order valence-corrected chi connectivity index (χ4v) is 3.58. The largest absolute Gasteiger partial charge is 0.497 e. The molecule has 156 valence electrons. The third-order valence-electron chi connectivity index (χ3n) is 5.08. The lowest BCUT2D eigenvalue weighted by atomic mass is 10.0. The smallest absolute Gasteiger partial charge is 0.282 e. The van der Waals surface area contributed by atoms with Crippen LogP contribution in [0.3, 0.4) is 0 Å². The molecule has 2 amide bonds. The molecule has 0 aliphatic carbocycles. The summed E-state index contributed by atoms with van der Waals surface area (Å²) in [5.74, 6) is 0.296. The Labute approximate surface area is 180 Å². The van der Waals surface area contributed by atoms with Crippen molar-refractivity contribution in [3.8, 4) is 11.5 Å². The maximum absolute atomic E-state index is 13.5. The SMILES string of the molecule is COc1ccc(N2C(=O)C(Nc3cccc(C)c3)=C(c3ccccc3OC)C2=O)cc1. The highest BCUT2D eigenvalue weighted by Gasteiger charge is 2.41. The number of hydrogen-bond acceptors (Lipinski definition) is 5. The van der Waals surface area contributed by atoms with Gasteiger partial charge in [-0.15, -0.1) is 0 Å². The topological polar surface area (TPSA) is 67.9 Å². The van der Waals surface area contributed by atoms with Crippen molar-refractivity contribution in [2.75, 3.05) is 24.4 Å². The fourth-order valence-electron chi connectivity index (χ4n) is 3.58. The molecular formula is C25H22N2O4. The maximum Gasteiger partial charge on any atom is 0.282 e. The second-order valence-corrected chi connectivity index (χ2v) is 7.09. The minimum Gasteiger partial charge on any atom is -0.497 e. The number of para-hydroxylation sites is 1. The number of nitrogens with one attached hydrogen (secondary N) is 1. The number of methoxy groups -OCH3 is 2. The van der Waals surface area contributed by atoms with Gasteiger partial charge in [0, 0.05) is 11.3 Å². The molecule has 0 saturated carbocycles. The molecule has 1 heterocycles. The molecule has 6 heteroatoms. The van der Waals surface area contributed by atoms with Crippen molar-refractivity contribution in [2.45, 2.75) is 6.92 Å². The molecule has 0 spiro atoms. The summed E-state index contributed by atoms with van der Waals surface area (Å²) in [5.41, 5.74) is 3.24. The molecule has 6 nitrogen and oxygen atoms in total. The molecule has 0 fully saturated rings. The van der Waals surface area contributed by atoms with Gasteiger partial charge in [-0.3, -0.25) is 9.59 Å². The van der Waals surface area contributed by atoms with Gasteiger partial charge in [-0.2, -0.15) is 0 Å². The first-order chi connectivity index (χ1) is 15.0. The van der Waals surface area contributed by atoms with Crippen LogP contribution in [0.4, 0.5) is 11.4 Å². The van der Waals surface area contributed by atoms with E-state index in [1.54, 1.807) is 43.5 Å². The number of benzene rings is 3. The Kier molecular flexibility index (Phi) is 5.45. The van der Waals surface area contributed by atoms with Crippen LogP contribution in [-0.2, 0) is 9.59 Å². The van der Waals surface area contributed by atoms with Crippen LogP contribution in [0, 0.1) is 6.92 Å².